The molecule has 0 aliphatic carbocycles. The third-order valence-corrected chi connectivity index (χ3v) is 1.22. The second-order valence-corrected chi connectivity index (χ2v) is 2.24. The summed E-state index contributed by atoms with van der Waals surface area (Å²) in [5, 5.41) is 0.810. The molecule has 0 spiro atoms. The van der Waals surface area contributed by atoms with Gasteiger partial charge in [0.2, 0.25) is 0 Å². The minimum atomic E-state index is 0. The van der Waals surface area contributed by atoms with Crippen molar-refractivity contribution >= 4 is 34.7 Å². The Morgan fingerprint density at radius 2 is 2.00 bits per heavy atom. The summed E-state index contributed by atoms with van der Waals surface area (Å²) in [6, 6.07) is 7.76. The molecule has 0 N–H and O–H groups in total. The zero-order chi connectivity index (χ0) is 5.98. The number of aryl methyl sites for hydroxylation is 1. The molecule has 9 heavy (non-hydrogen) atoms. The Kier molecular flexibility index (Phi) is 4.28. The summed E-state index contributed by atoms with van der Waals surface area (Å²) in [6.07, 6.45) is 0. The quantitative estimate of drug-likeness (QED) is 0.497. The molecule has 0 aromatic heterocycles. The van der Waals surface area contributed by atoms with E-state index in [4.69, 9.17) is 11.6 Å². The fourth-order valence-corrected chi connectivity index (χ4v) is 0.850. The van der Waals surface area contributed by atoms with E-state index in [0.29, 0.717) is 0 Å². The minimum absolute atomic E-state index is 0. The highest BCUT2D eigenvalue weighted by molar-refractivity contribution is 6.30. The molecule has 0 atom stereocenters. The Bertz CT molecular complexity index is 169. The fraction of sp³-hybridized carbons (Fsp3) is 0.143. The van der Waals surface area contributed by atoms with Gasteiger partial charge in [-0.2, -0.15) is 0 Å². The summed E-state index contributed by atoms with van der Waals surface area (Å²) in [6.45, 7) is 2.02. The molecule has 0 aliphatic rings. The third kappa shape index (κ3) is 3.09. The second-order valence-electron chi connectivity index (χ2n) is 1.80. The Morgan fingerprint density at radius 3 is 2.33 bits per heavy atom. The first-order chi connectivity index (χ1) is 3.79. The number of hydrogen-bond donors (Lipinski definition) is 0. The van der Waals surface area contributed by atoms with Crippen molar-refractivity contribution in [3.63, 3.8) is 0 Å². The fourth-order valence-electron chi connectivity index (χ4n) is 0.606. The summed E-state index contributed by atoms with van der Waals surface area (Å²) in [4.78, 5) is 0. The van der Waals surface area contributed by atoms with Gasteiger partial charge in [-0.3, -0.25) is 0 Å². The van der Waals surface area contributed by atoms with E-state index in [1.165, 1.54) is 5.56 Å². The molecule has 0 unspecified atom stereocenters. The van der Waals surface area contributed by atoms with Crippen LogP contribution in [0.3, 0.4) is 0 Å². The van der Waals surface area contributed by atoms with E-state index in [0.717, 1.165) is 5.02 Å². The molecule has 0 fully saturated rings. The van der Waals surface area contributed by atoms with E-state index < -0.39 is 0 Å². The van der Waals surface area contributed by atoms with E-state index in [1.807, 2.05) is 31.2 Å². The van der Waals surface area contributed by atoms with Gasteiger partial charge in [-0.1, -0.05) is 23.7 Å². The van der Waals surface area contributed by atoms with Crippen LogP contribution in [-0.2, 0) is 0 Å². The van der Waals surface area contributed by atoms with E-state index in [-0.39, 0.29) is 23.1 Å². The standard InChI is InChI=1S/C7H7Cl.Mg.2H/c1-6-3-2-4-7(8)5-6;;;/h2-5H,1H3;;;. The molecule has 0 saturated carbocycles. The Morgan fingerprint density at radius 1 is 1.33 bits per heavy atom. The molecule has 0 amide bonds. The van der Waals surface area contributed by atoms with Crippen molar-refractivity contribution in [1.82, 2.24) is 0 Å². The first-order valence-corrected chi connectivity index (χ1v) is 2.89. The van der Waals surface area contributed by atoms with Gasteiger partial charge >= 0.3 is 23.1 Å². The number of benzene rings is 1. The van der Waals surface area contributed by atoms with Crippen LogP contribution in [0.5, 0.6) is 0 Å². The Hall–Kier alpha value is 0.276. The average molecular weight is 153 g/mol. The van der Waals surface area contributed by atoms with Gasteiger partial charge in [0.25, 0.3) is 0 Å². The van der Waals surface area contributed by atoms with Gasteiger partial charge in [0.05, 0.1) is 0 Å². The molecule has 0 nitrogen and oxygen atoms in total. The van der Waals surface area contributed by atoms with Crippen LogP contribution in [0.1, 0.15) is 5.56 Å². The van der Waals surface area contributed by atoms with Gasteiger partial charge in [0, 0.05) is 5.02 Å². The first-order valence-electron chi connectivity index (χ1n) is 2.51. The molecule has 0 aliphatic heterocycles. The molecule has 1 rings (SSSR count). The van der Waals surface area contributed by atoms with Crippen molar-refractivity contribution in [3.8, 4) is 0 Å². The normalized spacial score (nSPS) is 8.22. The third-order valence-electron chi connectivity index (χ3n) is 0.980. The van der Waals surface area contributed by atoms with Crippen LogP contribution in [0.4, 0.5) is 0 Å². The monoisotopic (exact) mass is 152 g/mol. The predicted molar refractivity (Wildman–Crippen MR) is 44.7 cm³/mol. The van der Waals surface area contributed by atoms with Crippen molar-refractivity contribution in [3.05, 3.63) is 34.9 Å². The molecule has 0 bridgehead atoms. The Labute approximate surface area is 76.4 Å². The average Bonchev–Trinajstić information content (AvgIpc) is 1.64. The molecular weight excluding hydrogens is 144 g/mol. The first kappa shape index (κ1) is 9.28. The lowest BCUT2D eigenvalue weighted by Crippen LogP contribution is -1.66. The van der Waals surface area contributed by atoms with E-state index in [9.17, 15) is 0 Å². The SMILES string of the molecule is Cc1cccc(Cl)c1.[MgH2]. The van der Waals surface area contributed by atoms with Crippen LogP contribution in [0.2, 0.25) is 5.02 Å². The highest BCUT2D eigenvalue weighted by Gasteiger charge is 1.82. The zero-order valence-corrected chi connectivity index (χ0v) is 5.44. The van der Waals surface area contributed by atoms with Gasteiger partial charge in [0.15, 0.2) is 0 Å². The molecule has 46 valence electrons. The van der Waals surface area contributed by atoms with Gasteiger partial charge in [-0.25, -0.2) is 0 Å². The van der Waals surface area contributed by atoms with E-state index >= 15 is 0 Å². The van der Waals surface area contributed by atoms with Crippen molar-refractivity contribution in [2.45, 2.75) is 6.92 Å². The van der Waals surface area contributed by atoms with Gasteiger partial charge < -0.3 is 0 Å². The topological polar surface area (TPSA) is 0 Å². The molecule has 0 radical (unpaired) electrons. The maximum absolute atomic E-state index is 5.64. The van der Waals surface area contributed by atoms with Crippen LogP contribution in [0.15, 0.2) is 24.3 Å². The van der Waals surface area contributed by atoms with Gasteiger partial charge in [-0.05, 0) is 24.6 Å². The molecule has 2 heteroatoms. The lowest BCUT2D eigenvalue weighted by molar-refractivity contribution is 1.47. The molecular formula is C7H9ClMg. The molecule has 1 aromatic rings. The lowest BCUT2D eigenvalue weighted by Gasteiger charge is -1.88. The van der Waals surface area contributed by atoms with Crippen molar-refractivity contribution in [1.29, 1.82) is 0 Å². The number of rotatable bonds is 0. The van der Waals surface area contributed by atoms with E-state index in [2.05, 4.69) is 0 Å². The van der Waals surface area contributed by atoms with Gasteiger partial charge in [0.1, 0.15) is 0 Å². The highest BCUT2D eigenvalue weighted by Crippen LogP contribution is 2.08. The number of hydrogen-bond acceptors (Lipinski definition) is 0. The summed E-state index contributed by atoms with van der Waals surface area (Å²) in [7, 11) is 0. The maximum Gasteiger partial charge on any atom is 0.316 e. The zero-order valence-electron chi connectivity index (χ0n) is 4.69. The van der Waals surface area contributed by atoms with Crippen molar-refractivity contribution < 1.29 is 0 Å². The summed E-state index contributed by atoms with van der Waals surface area (Å²) in [5.41, 5.74) is 1.21. The number of halogens is 1. The van der Waals surface area contributed by atoms with Crippen LogP contribution < -0.4 is 0 Å². The minimum Gasteiger partial charge on any atom is -0.0843 e. The van der Waals surface area contributed by atoms with Crippen LogP contribution in [0.25, 0.3) is 0 Å². The molecule has 0 heterocycles. The molecule has 1 aromatic carbocycles. The maximum atomic E-state index is 5.64. The van der Waals surface area contributed by atoms with Crippen molar-refractivity contribution in [2.24, 2.45) is 0 Å². The van der Waals surface area contributed by atoms with Crippen LogP contribution in [0, 0.1) is 6.92 Å². The van der Waals surface area contributed by atoms with Crippen molar-refractivity contribution in [2.75, 3.05) is 0 Å². The largest absolute Gasteiger partial charge is 0.316 e. The Balaban J connectivity index is 0.000000640. The second kappa shape index (κ2) is 4.15. The lowest BCUT2D eigenvalue weighted by atomic mass is 10.2. The predicted octanol–water partition coefficient (Wildman–Crippen LogP) is 1.73. The summed E-state index contributed by atoms with van der Waals surface area (Å²) in [5.74, 6) is 0. The van der Waals surface area contributed by atoms with E-state index in [1.54, 1.807) is 0 Å². The van der Waals surface area contributed by atoms with Crippen LogP contribution >= 0.6 is 11.6 Å². The summed E-state index contributed by atoms with van der Waals surface area (Å²) < 4.78 is 0. The highest BCUT2D eigenvalue weighted by atomic mass is 35.5. The van der Waals surface area contributed by atoms with Crippen LogP contribution in [-0.4, -0.2) is 23.1 Å². The summed E-state index contributed by atoms with van der Waals surface area (Å²) >= 11 is 5.64. The smallest absolute Gasteiger partial charge is 0.0843 e. The van der Waals surface area contributed by atoms with Gasteiger partial charge in [-0.15, -0.1) is 0 Å². The molecule has 0 saturated heterocycles.